The second kappa shape index (κ2) is 7.01. The van der Waals surface area contributed by atoms with Gasteiger partial charge in [0.2, 0.25) is 0 Å². The highest BCUT2D eigenvalue weighted by atomic mass is 32.2. The summed E-state index contributed by atoms with van der Waals surface area (Å²) in [6.07, 6.45) is 0.870. The minimum Gasteiger partial charge on any atom is -0.378 e. The van der Waals surface area contributed by atoms with Crippen LogP contribution >= 0.6 is 0 Å². The molecule has 1 aliphatic rings. The third kappa shape index (κ3) is 4.01. The first kappa shape index (κ1) is 19.4. The van der Waals surface area contributed by atoms with Crippen LogP contribution in [0.15, 0.2) is 42.5 Å². The van der Waals surface area contributed by atoms with Crippen LogP contribution in [0.2, 0.25) is 0 Å². The van der Waals surface area contributed by atoms with E-state index in [0.29, 0.717) is 5.56 Å². The van der Waals surface area contributed by atoms with E-state index in [1.54, 1.807) is 13.8 Å². The molecule has 1 unspecified atom stereocenters. The largest absolute Gasteiger partial charge is 0.378 e. The van der Waals surface area contributed by atoms with E-state index in [-0.39, 0.29) is 22.5 Å². The number of nitrogens with one attached hydrogen (secondary N) is 1. The van der Waals surface area contributed by atoms with Gasteiger partial charge in [0, 0.05) is 5.69 Å². The van der Waals surface area contributed by atoms with Crippen molar-refractivity contribution in [2.24, 2.45) is 0 Å². The molecule has 5 heteroatoms. The van der Waals surface area contributed by atoms with Gasteiger partial charge >= 0.3 is 0 Å². The average molecular weight is 383 g/mol. The zero-order chi connectivity index (χ0) is 19.8. The first-order valence-corrected chi connectivity index (χ1v) is 11.0. The van der Waals surface area contributed by atoms with Crippen LogP contribution in [0.1, 0.15) is 62.4 Å². The van der Waals surface area contributed by atoms with Crippen molar-refractivity contribution in [2.45, 2.75) is 56.6 Å². The Balaban J connectivity index is 1.92. The molecule has 2 aromatic carbocycles. The van der Waals surface area contributed by atoms with E-state index in [9.17, 15) is 13.7 Å². The first-order chi connectivity index (χ1) is 12.6. The van der Waals surface area contributed by atoms with E-state index in [0.717, 1.165) is 28.8 Å². The zero-order valence-corrected chi connectivity index (χ0v) is 17.1. The summed E-state index contributed by atoms with van der Waals surface area (Å²) in [4.78, 5) is 0. The molecule has 0 fully saturated rings. The molecule has 0 aromatic heterocycles. The fourth-order valence-corrected chi connectivity index (χ4v) is 4.64. The quantitative estimate of drug-likeness (QED) is 0.831. The van der Waals surface area contributed by atoms with E-state index < -0.39 is 9.84 Å². The normalized spacial score (nSPS) is 18.4. The van der Waals surface area contributed by atoms with Gasteiger partial charge in [-0.3, -0.25) is 0 Å². The van der Waals surface area contributed by atoms with Crippen LogP contribution in [0.5, 0.6) is 0 Å². The molecule has 0 saturated heterocycles. The molecule has 142 valence electrons. The van der Waals surface area contributed by atoms with E-state index in [1.165, 1.54) is 0 Å². The smallest absolute Gasteiger partial charge is 0.156 e. The van der Waals surface area contributed by atoms with Gasteiger partial charge in [-0.05, 0) is 60.6 Å². The molecular weight excluding hydrogens is 356 g/mol. The first-order valence-electron chi connectivity index (χ1n) is 9.24. The lowest BCUT2D eigenvalue weighted by Gasteiger charge is -2.39. The molecule has 1 atom stereocenters. The summed E-state index contributed by atoms with van der Waals surface area (Å²) in [6, 6.07) is 15.9. The van der Waals surface area contributed by atoms with Crippen molar-refractivity contribution in [1.29, 1.82) is 5.26 Å². The standard InChI is InChI=1S/C22H26N2O2S/c1-15(2)27(25,26)14-17-6-5-7-18(10-17)21-12-22(3,4)19-11-16(13-23)8-9-20(19)24-21/h5-11,15,21,24H,12,14H2,1-4H3. The monoisotopic (exact) mass is 382 g/mol. The third-order valence-corrected chi connectivity index (χ3v) is 7.53. The Labute approximate surface area is 162 Å². The van der Waals surface area contributed by atoms with Gasteiger partial charge in [0.15, 0.2) is 9.84 Å². The Morgan fingerprint density at radius 3 is 2.63 bits per heavy atom. The summed E-state index contributed by atoms with van der Waals surface area (Å²) < 4.78 is 24.5. The topological polar surface area (TPSA) is 70.0 Å². The van der Waals surface area contributed by atoms with Crippen LogP contribution in [0.3, 0.4) is 0 Å². The van der Waals surface area contributed by atoms with Crippen molar-refractivity contribution in [1.82, 2.24) is 0 Å². The highest BCUT2D eigenvalue weighted by molar-refractivity contribution is 7.91. The van der Waals surface area contributed by atoms with Gasteiger partial charge in [0.1, 0.15) is 0 Å². The number of sulfone groups is 1. The molecule has 0 aliphatic carbocycles. The van der Waals surface area contributed by atoms with Crippen molar-refractivity contribution < 1.29 is 8.42 Å². The zero-order valence-electron chi connectivity index (χ0n) is 16.3. The Bertz CT molecular complexity index is 1000. The number of benzene rings is 2. The van der Waals surface area contributed by atoms with E-state index in [4.69, 9.17) is 0 Å². The predicted octanol–water partition coefficient (Wildman–Crippen LogP) is 4.72. The van der Waals surface area contributed by atoms with Gasteiger partial charge < -0.3 is 5.32 Å². The predicted molar refractivity (Wildman–Crippen MR) is 109 cm³/mol. The number of fused-ring (bicyclic) bond motifs is 1. The van der Waals surface area contributed by atoms with E-state index in [1.807, 2.05) is 42.5 Å². The molecule has 3 rings (SSSR count). The molecule has 1 heterocycles. The Kier molecular flexibility index (Phi) is 5.05. The van der Waals surface area contributed by atoms with Crippen LogP contribution in [0.25, 0.3) is 0 Å². The molecule has 1 N–H and O–H groups in total. The molecule has 2 aromatic rings. The van der Waals surface area contributed by atoms with Gasteiger partial charge in [-0.2, -0.15) is 5.26 Å². The summed E-state index contributed by atoms with van der Waals surface area (Å²) in [5.41, 5.74) is 4.69. The summed E-state index contributed by atoms with van der Waals surface area (Å²) in [5.74, 6) is 0.0662. The average Bonchev–Trinajstić information content (AvgIpc) is 2.60. The van der Waals surface area contributed by atoms with Gasteiger partial charge in [0.05, 0.1) is 28.7 Å². The van der Waals surface area contributed by atoms with Gasteiger partial charge in [0.25, 0.3) is 0 Å². The highest BCUT2D eigenvalue weighted by Gasteiger charge is 2.33. The van der Waals surface area contributed by atoms with E-state index >= 15 is 0 Å². The van der Waals surface area contributed by atoms with Crippen molar-refractivity contribution in [3.63, 3.8) is 0 Å². The second-order valence-electron chi connectivity index (χ2n) is 8.26. The number of nitriles is 1. The van der Waals surface area contributed by atoms with Crippen molar-refractivity contribution >= 4 is 15.5 Å². The maximum absolute atomic E-state index is 12.3. The van der Waals surface area contributed by atoms with Gasteiger partial charge in [-0.15, -0.1) is 0 Å². The number of hydrogen-bond donors (Lipinski definition) is 1. The molecule has 0 bridgehead atoms. The van der Waals surface area contributed by atoms with Crippen molar-refractivity contribution in [2.75, 3.05) is 5.32 Å². The van der Waals surface area contributed by atoms with Crippen molar-refractivity contribution in [3.8, 4) is 6.07 Å². The third-order valence-electron chi connectivity index (χ3n) is 5.36. The molecule has 1 aliphatic heterocycles. The minimum absolute atomic E-state index is 0.0662. The lowest BCUT2D eigenvalue weighted by atomic mass is 9.73. The summed E-state index contributed by atoms with van der Waals surface area (Å²) in [6.45, 7) is 7.81. The molecular formula is C22H26N2O2S. The molecule has 0 saturated carbocycles. The maximum Gasteiger partial charge on any atom is 0.156 e. The van der Waals surface area contributed by atoms with Gasteiger partial charge in [-0.1, -0.05) is 38.1 Å². The fraction of sp³-hybridized carbons (Fsp3) is 0.409. The molecule has 4 nitrogen and oxygen atoms in total. The van der Waals surface area contributed by atoms with Gasteiger partial charge in [-0.25, -0.2) is 8.42 Å². The van der Waals surface area contributed by atoms with Crippen LogP contribution in [0, 0.1) is 11.3 Å². The minimum atomic E-state index is -3.13. The molecule has 0 radical (unpaired) electrons. The Morgan fingerprint density at radius 1 is 1.22 bits per heavy atom. The van der Waals surface area contributed by atoms with E-state index in [2.05, 4.69) is 25.2 Å². The summed E-state index contributed by atoms with van der Waals surface area (Å²) in [7, 11) is -3.13. The Morgan fingerprint density at radius 2 is 1.96 bits per heavy atom. The summed E-state index contributed by atoms with van der Waals surface area (Å²) >= 11 is 0. The molecule has 0 amide bonds. The Hall–Kier alpha value is -2.32. The second-order valence-corrected chi connectivity index (χ2v) is 10.8. The van der Waals surface area contributed by atoms with Crippen LogP contribution in [0.4, 0.5) is 5.69 Å². The van der Waals surface area contributed by atoms with Crippen LogP contribution in [-0.2, 0) is 21.0 Å². The van der Waals surface area contributed by atoms with Crippen LogP contribution in [-0.4, -0.2) is 13.7 Å². The molecule has 0 spiro atoms. The lowest BCUT2D eigenvalue weighted by Crippen LogP contribution is -2.31. The molecule has 27 heavy (non-hydrogen) atoms. The lowest BCUT2D eigenvalue weighted by molar-refractivity contribution is 0.427. The number of anilines is 1. The van der Waals surface area contributed by atoms with Crippen molar-refractivity contribution in [3.05, 3.63) is 64.7 Å². The number of hydrogen-bond acceptors (Lipinski definition) is 4. The van der Waals surface area contributed by atoms with Crippen LogP contribution < -0.4 is 5.32 Å². The highest BCUT2D eigenvalue weighted by Crippen LogP contribution is 2.44. The number of nitrogens with zero attached hydrogens (tertiary/aromatic N) is 1. The fourth-order valence-electron chi connectivity index (χ4n) is 3.66. The maximum atomic E-state index is 12.3. The summed E-state index contributed by atoms with van der Waals surface area (Å²) in [5, 5.41) is 12.4. The number of rotatable bonds is 4. The SMILES string of the molecule is CC(C)S(=O)(=O)Cc1cccc(C2CC(C)(C)c3cc(C#N)ccc3N2)c1.